The van der Waals surface area contributed by atoms with Gasteiger partial charge in [-0.15, -0.1) is 0 Å². The molecule has 0 saturated heterocycles. The van der Waals surface area contributed by atoms with Crippen LogP contribution in [-0.4, -0.2) is 9.55 Å². The van der Waals surface area contributed by atoms with Crippen LogP contribution < -0.4 is 0 Å². The van der Waals surface area contributed by atoms with E-state index >= 15 is 0 Å². The molecule has 0 aliphatic rings. The number of hydrogen-bond acceptors (Lipinski definition) is 1. The Morgan fingerprint density at radius 2 is 1.30 bits per heavy atom. The first-order valence-electron chi connectivity index (χ1n) is 9.22. The molecule has 0 aliphatic carbocycles. The van der Waals surface area contributed by atoms with Crippen LogP contribution in [0.5, 0.6) is 0 Å². The van der Waals surface area contributed by atoms with Crippen LogP contribution in [0.25, 0.3) is 6.08 Å². The highest BCUT2D eigenvalue weighted by atomic mass is 15.0. The summed E-state index contributed by atoms with van der Waals surface area (Å²) in [5.74, 6) is 0.215. The molecule has 0 N–H and O–H groups in total. The van der Waals surface area contributed by atoms with Crippen molar-refractivity contribution in [2.45, 2.75) is 12.5 Å². The van der Waals surface area contributed by atoms with Gasteiger partial charge < -0.3 is 4.57 Å². The summed E-state index contributed by atoms with van der Waals surface area (Å²) in [6.45, 7) is 0.821. The maximum Gasteiger partial charge on any atom is 0.0953 e. The second-order valence-electron chi connectivity index (χ2n) is 6.59. The second kappa shape index (κ2) is 8.33. The van der Waals surface area contributed by atoms with E-state index in [0.29, 0.717) is 0 Å². The first-order chi connectivity index (χ1) is 13.4. The zero-order valence-corrected chi connectivity index (χ0v) is 15.1. The van der Waals surface area contributed by atoms with Crippen molar-refractivity contribution in [3.05, 3.63) is 132 Å². The Bertz CT molecular complexity index is 947. The third kappa shape index (κ3) is 4.24. The number of imidazole rings is 1. The maximum atomic E-state index is 4.35. The number of allylic oxidation sites excluding steroid dienone is 1. The molecular weight excluding hydrogens is 328 g/mol. The molecule has 132 valence electrons. The first-order valence-corrected chi connectivity index (χ1v) is 9.22. The summed E-state index contributed by atoms with van der Waals surface area (Å²) >= 11 is 0. The first kappa shape index (κ1) is 17.0. The van der Waals surface area contributed by atoms with Crippen LogP contribution in [0.1, 0.15) is 28.3 Å². The van der Waals surface area contributed by atoms with Crippen molar-refractivity contribution in [1.82, 2.24) is 9.55 Å². The van der Waals surface area contributed by atoms with Gasteiger partial charge in [0.15, 0.2) is 0 Å². The summed E-state index contributed by atoms with van der Waals surface area (Å²) in [6, 6.07) is 31.7. The van der Waals surface area contributed by atoms with Crippen molar-refractivity contribution in [2.75, 3.05) is 0 Å². The molecular formula is C25H22N2. The summed E-state index contributed by atoms with van der Waals surface area (Å²) < 4.78 is 2.18. The number of rotatable bonds is 6. The van der Waals surface area contributed by atoms with E-state index in [4.69, 9.17) is 0 Å². The largest absolute Gasteiger partial charge is 0.327 e. The Morgan fingerprint density at radius 1 is 0.741 bits per heavy atom. The minimum atomic E-state index is 0.215. The third-order valence-corrected chi connectivity index (χ3v) is 4.72. The number of aromatic nitrogens is 2. The summed E-state index contributed by atoms with van der Waals surface area (Å²) in [6.07, 6.45) is 8.27. The van der Waals surface area contributed by atoms with Gasteiger partial charge in [0, 0.05) is 12.5 Å². The Labute approximate surface area is 160 Å². The molecule has 1 aromatic heterocycles. The summed E-state index contributed by atoms with van der Waals surface area (Å²) in [4.78, 5) is 4.35. The molecule has 0 fully saturated rings. The lowest BCUT2D eigenvalue weighted by atomic mass is 9.91. The fraction of sp³-hybridized carbons (Fsp3) is 0.0800. The Kier molecular flexibility index (Phi) is 5.26. The highest BCUT2D eigenvalue weighted by Gasteiger charge is 2.10. The van der Waals surface area contributed by atoms with Gasteiger partial charge in [-0.3, -0.25) is 0 Å². The quantitative estimate of drug-likeness (QED) is 0.431. The molecule has 0 atom stereocenters. The van der Waals surface area contributed by atoms with E-state index in [1.54, 1.807) is 0 Å². The standard InChI is InChI=1S/C25H22N2/c1-4-10-21(11-5-1)19-27-20-26-18-24(27)16-17-25(22-12-6-2-7-13-22)23-14-8-3-9-15-23/h1-18,20,25H,19H2. The van der Waals surface area contributed by atoms with Crippen molar-refractivity contribution >= 4 is 6.08 Å². The van der Waals surface area contributed by atoms with Gasteiger partial charge in [-0.25, -0.2) is 4.98 Å². The van der Waals surface area contributed by atoms with Crippen molar-refractivity contribution in [2.24, 2.45) is 0 Å². The van der Waals surface area contributed by atoms with Crippen LogP contribution in [0.4, 0.5) is 0 Å². The van der Waals surface area contributed by atoms with Gasteiger partial charge in [-0.05, 0) is 22.8 Å². The smallest absolute Gasteiger partial charge is 0.0953 e. The molecule has 0 bridgehead atoms. The number of nitrogens with zero attached hydrogens (tertiary/aromatic N) is 2. The molecule has 3 aromatic carbocycles. The molecule has 0 aliphatic heterocycles. The van der Waals surface area contributed by atoms with Crippen molar-refractivity contribution in [1.29, 1.82) is 0 Å². The van der Waals surface area contributed by atoms with E-state index in [2.05, 4.69) is 107 Å². The normalized spacial score (nSPS) is 11.3. The van der Waals surface area contributed by atoms with E-state index in [-0.39, 0.29) is 5.92 Å². The summed E-state index contributed by atoms with van der Waals surface area (Å²) in [5, 5.41) is 0. The molecule has 1 heterocycles. The molecule has 0 spiro atoms. The number of benzene rings is 3. The van der Waals surface area contributed by atoms with Gasteiger partial charge in [0.05, 0.1) is 18.2 Å². The maximum absolute atomic E-state index is 4.35. The van der Waals surface area contributed by atoms with E-state index in [1.807, 2.05) is 18.6 Å². The third-order valence-electron chi connectivity index (χ3n) is 4.72. The molecule has 0 saturated carbocycles. The fourth-order valence-corrected chi connectivity index (χ4v) is 3.31. The van der Waals surface area contributed by atoms with Gasteiger partial charge in [0.1, 0.15) is 0 Å². The van der Waals surface area contributed by atoms with Crippen LogP contribution in [0, 0.1) is 0 Å². The summed E-state index contributed by atoms with van der Waals surface area (Å²) in [5.41, 5.74) is 4.95. The monoisotopic (exact) mass is 350 g/mol. The SMILES string of the molecule is C(=CC(c1ccccc1)c1ccccc1)c1cncn1Cc1ccccc1. The average molecular weight is 350 g/mol. The van der Waals surface area contributed by atoms with Crippen LogP contribution in [0.15, 0.2) is 110 Å². The molecule has 2 heteroatoms. The van der Waals surface area contributed by atoms with Gasteiger partial charge in [0.2, 0.25) is 0 Å². The lowest BCUT2D eigenvalue weighted by Gasteiger charge is -2.14. The molecule has 0 unspecified atom stereocenters. The fourth-order valence-electron chi connectivity index (χ4n) is 3.31. The zero-order valence-electron chi connectivity index (χ0n) is 15.1. The van der Waals surface area contributed by atoms with E-state index < -0.39 is 0 Å². The Hall–Kier alpha value is -3.39. The molecule has 0 radical (unpaired) electrons. The lowest BCUT2D eigenvalue weighted by Crippen LogP contribution is -2.01. The van der Waals surface area contributed by atoms with Crippen LogP contribution in [0.3, 0.4) is 0 Å². The van der Waals surface area contributed by atoms with Gasteiger partial charge in [0.25, 0.3) is 0 Å². The molecule has 4 rings (SSSR count). The van der Waals surface area contributed by atoms with Crippen molar-refractivity contribution < 1.29 is 0 Å². The Balaban J connectivity index is 1.63. The van der Waals surface area contributed by atoms with E-state index in [1.165, 1.54) is 16.7 Å². The molecule has 27 heavy (non-hydrogen) atoms. The topological polar surface area (TPSA) is 17.8 Å². The molecule has 2 nitrogen and oxygen atoms in total. The lowest BCUT2D eigenvalue weighted by molar-refractivity contribution is 0.789. The van der Waals surface area contributed by atoms with Crippen molar-refractivity contribution in [3.8, 4) is 0 Å². The Morgan fingerprint density at radius 3 is 1.89 bits per heavy atom. The van der Waals surface area contributed by atoms with Crippen LogP contribution >= 0.6 is 0 Å². The van der Waals surface area contributed by atoms with Crippen molar-refractivity contribution in [3.63, 3.8) is 0 Å². The molecule has 0 amide bonds. The van der Waals surface area contributed by atoms with E-state index in [0.717, 1.165) is 12.2 Å². The number of hydrogen-bond donors (Lipinski definition) is 0. The predicted octanol–water partition coefficient (Wildman–Crippen LogP) is 5.78. The average Bonchev–Trinajstić information content (AvgIpc) is 3.17. The van der Waals surface area contributed by atoms with Gasteiger partial charge in [-0.1, -0.05) is 97.1 Å². The van der Waals surface area contributed by atoms with Gasteiger partial charge in [-0.2, -0.15) is 0 Å². The minimum Gasteiger partial charge on any atom is -0.327 e. The summed E-state index contributed by atoms with van der Waals surface area (Å²) in [7, 11) is 0. The highest BCUT2D eigenvalue weighted by Crippen LogP contribution is 2.26. The highest BCUT2D eigenvalue weighted by molar-refractivity contribution is 5.50. The second-order valence-corrected chi connectivity index (χ2v) is 6.59. The zero-order chi connectivity index (χ0) is 18.3. The van der Waals surface area contributed by atoms with Crippen LogP contribution in [0.2, 0.25) is 0 Å². The van der Waals surface area contributed by atoms with E-state index in [9.17, 15) is 0 Å². The predicted molar refractivity (Wildman–Crippen MR) is 112 cm³/mol. The molecule has 4 aromatic rings. The minimum absolute atomic E-state index is 0.215. The van der Waals surface area contributed by atoms with Gasteiger partial charge >= 0.3 is 0 Å². The van der Waals surface area contributed by atoms with Crippen LogP contribution in [-0.2, 0) is 6.54 Å².